The van der Waals surface area contributed by atoms with Crippen LogP contribution in [0, 0.1) is 13.8 Å². The number of nitrogens with zero attached hydrogens (tertiary/aromatic N) is 3. The van der Waals surface area contributed by atoms with E-state index >= 15 is 0 Å². The lowest BCUT2D eigenvalue weighted by atomic mass is 10.0. The van der Waals surface area contributed by atoms with Crippen molar-refractivity contribution in [3.63, 3.8) is 0 Å². The lowest BCUT2D eigenvalue weighted by molar-refractivity contribution is 0.197. The van der Waals surface area contributed by atoms with Gasteiger partial charge < -0.3 is 15.5 Å². The highest BCUT2D eigenvalue weighted by Crippen LogP contribution is 2.16. The van der Waals surface area contributed by atoms with Crippen LogP contribution in [0.25, 0.3) is 0 Å². The average molecular weight is 425 g/mol. The Morgan fingerprint density at radius 3 is 2.33 bits per heavy atom. The molecule has 0 radical (unpaired) electrons. The summed E-state index contributed by atoms with van der Waals surface area (Å²) in [5.74, 6) is 0.824. The summed E-state index contributed by atoms with van der Waals surface area (Å²) in [6.07, 6.45) is 0. The van der Waals surface area contributed by atoms with E-state index in [0.29, 0.717) is 0 Å². The molecule has 0 atom stereocenters. The first-order valence-corrected chi connectivity index (χ1v) is 7.63. The van der Waals surface area contributed by atoms with Crippen molar-refractivity contribution in [1.29, 1.82) is 0 Å². The lowest BCUT2D eigenvalue weighted by Crippen LogP contribution is -2.50. The summed E-state index contributed by atoms with van der Waals surface area (Å²) in [6.45, 7) is 10.1. The second-order valence-corrected chi connectivity index (χ2v) is 7.02. The minimum Gasteiger partial charge on any atom is -0.355 e. The van der Waals surface area contributed by atoms with E-state index in [9.17, 15) is 0 Å². The fourth-order valence-corrected chi connectivity index (χ4v) is 2.46. The molecule has 1 aromatic rings. The molecule has 0 aromatic carbocycles. The third-order valence-electron chi connectivity index (χ3n) is 3.54. The number of thiazole rings is 1. The predicted octanol–water partition coefficient (Wildman–Crippen LogP) is 2.38. The number of nitrogens with one attached hydrogen (secondary N) is 2. The molecule has 0 unspecified atom stereocenters. The van der Waals surface area contributed by atoms with Crippen LogP contribution in [0.1, 0.15) is 29.4 Å². The van der Waals surface area contributed by atoms with E-state index in [4.69, 9.17) is 0 Å². The molecule has 0 fully saturated rings. The van der Waals surface area contributed by atoms with E-state index in [1.54, 1.807) is 18.4 Å². The molecule has 0 spiro atoms. The summed E-state index contributed by atoms with van der Waals surface area (Å²) in [5.41, 5.74) is 1.18. The van der Waals surface area contributed by atoms with Crippen molar-refractivity contribution < 1.29 is 0 Å². The van der Waals surface area contributed by atoms with E-state index in [1.165, 1.54) is 4.88 Å². The number of halogens is 1. The Balaban J connectivity index is 0.00000400. The molecule has 1 rings (SSSR count). The molecule has 2 N–H and O–H groups in total. The van der Waals surface area contributed by atoms with E-state index < -0.39 is 0 Å². The Morgan fingerprint density at radius 2 is 1.90 bits per heavy atom. The Labute approximate surface area is 149 Å². The third-order valence-corrected chi connectivity index (χ3v) is 4.61. The van der Waals surface area contributed by atoms with Gasteiger partial charge in [-0.25, -0.2) is 4.98 Å². The van der Waals surface area contributed by atoms with Gasteiger partial charge in [-0.15, -0.1) is 35.3 Å². The van der Waals surface area contributed by atoms with Gasteiger partial charge in [-0.2, -0.15) is 0 Å². The van der Waals surface area contributed by atoms with Crippen LogP contribution >= 0.6 is 35.3 Å². The summed E-state index contributed by atoms with van der Waals surface area (Å²) >= 11 is 1.73. The fraction of sp³-hybridized carbons (Fsp3) is 0.714. The largest absolute Gasteiger partial charge is 0.355 e. The van der Waals surface area contributed by atoms with Crippen LogP contribution in [-0.2, 0) is 6.54 Å². The molecule has 0 aliphatic rings. The lowest BCUT2D eigenvalue weighted by Gasteiger charge is -2.33. The molecule has 0 saturated carbocycles. The second kappa shape index (κ2) is 8.89. The monoisotopic (exact) mass is 425 g/mol. The number of rotatable bonds is 5. The fourth-order valence-electron chi connectivity index (χ4n) is 1.58. The van der Waals surface area contributed by atoms with Gasteiger partial charge in [0.15, 0.2) is 5.96 Å². The number of likely N-dealkylation sites (N-methyl/N-ethyl adjacent to an activating group) is 1. The van der Waals surface area contributed by atoms with Crippen molar-refractivity contribution in [2.24, 2.45) is 4.99 Å². The maximum atomic E-state index is 4.43. The normalized spacial score (nSPS) is 12.3. The zero-order valence-electron chi connectivity index (χ0n) is 14.1. The van der Waals surface area contributed by atoms with E-state index in [2.05, 4.69) is 53.5 Å². The van der Waals surface area contributed by atoms with E-state index in [1.807, 2.05) is 13.8 Å². The highest BCUT2D eigenvalue weighted by atomic mass is 127. The molecule has 1 heterocycles. The predicted molar refractivity (Wildman–Crippen MR) is 103 cm³/mol. The van der Waals surface area contributed by atoms with Crippen LogP contribution in [-0.4, -0.2) is 49.1 Å². The topological polar surface area (TPSA) is 52.6 Å². The van der Waals surface area contributed by atoms with Gasteiger partial charge >= 0.3 is 0 Å². The van der Waals surface area contributed by atoms with Crippen LogP contribution in [0.5, 0.6) is 0 Å². The van der Waals surface area contributed by atoms with E-state index in [0.717, 1.165) is 29.8 Å². The first kappa shape index (κ1) is 20.6. The standard InChI is InChI=1S/C14H27N5S.HI/c1-10-12(20-11(2)18-10)8-16-13(15-5)17-9-14(3,4)19(6)7;/h8-9H2,1-7H3,(H2,15,16,17);1H. The molecule has 21 heavy (non-hydrogen) atoms. The van der Waals surface area contributed by atoms with Crippen LogP contribution in [0.2, 0.25) is 0 Å². The average Bonchev–Trinajstić information content (AvgIpc) is 2.68. The number of hydrogen-bond acceptors (Lipinski definition) is 4. The van der Waals surface area contributed by atoms with Gasteiger partial charge in [0, 0.05) is 24.0 Å². The molecule has 0 amide bonds. The Kier molecular flexibility index (Phi) is 8.72. The SMILES string of the molecule is CN=C(NCc1sc(C)nc1C)NCC(C)(C)N(C)C.I. The molecule has 0 aliphatic carbocycles. The zero-order chi connectivity index (χ0) is 15.3. The van der Waals surface area contributed by atoms with Crippen molar-refractivity contribution in [2.75, 3.05) is 27.7 Å². The van der Waals surface area contributed by atoms with Crippen LogP contribution in [0.3, 0.4) is 0 Å². The smallest absolute Gasteiger partial charge is 0.191 e. The number of aliphatic imine (C=N–C) groups is 1. The highest BCUT2D eigenvalue weighted by molar-refractivity contribution is 14.0. The molecule has 0 aliphatic heterocycles. The quantitative estimate of drug-likeness (QED) is 0.432. The molecule has 5 nitrogen and oxygen atoms in total. The van der Waals surface area contributed by atoms with Gasteiger partial charge in [0.25, 0.3) is 0 Å². The molecule has 1 aromatic heterocycles. The molecular formula is C14H28IN5S. The molecule has 122 valence electrons. The molecule has 0 bridgehead atoms. The van der Waals surface area contributed by atoms with Gasteiger partial charge in [0.05, 0.1) is 17.2 Å². The van der Waals surface area contributed by atoms with Crippen molar-refractivity contribution in [1.82, 2.24) is 20.5 Å². The number of hydrogen-bond donors (Lipinski definition) is 2. The first-order valence-electron chi connectivity index (χ1n) is 6.81. The maximum Gasteiger partial charge on any atom is 0.191 e. The highest BCUT2D eigenvalue weighted by Gasteiger charge is 2.20. The Hall–Kier alpha value is -0.410. The summed E-state index contributed by atoms with van der Waals surface area (Å²) in [6, 6.07) is 0. The minimum absolute atomic E-state index is 0. The van der Waals surface area contributed by atoms with Gasteiger partial charge in [-0.05, 0) is 41.8 Å². The van der Waals surface area contributed by atoms with Crippen molar-refractivity contribution in [3.8, 4) is 0 Å². The van der Waals surface area contributed by atoms with Crippen LogP contribution in [0.15, 0.2) is 4.99 Å². The Morgan fingerprint density at radius 1 is 1.29 bits per heavy atom. The summed E-state index contributed by atoms with van der Waals surface area (Å²) in [5, 5.41) is 7.82. The van der Waals surface area contributed by atoms with Crippen LogP contribution in [0.4, 0.5) is 0 Å². The van der Waals surface area contributed by atoms with E-state index in [-0.39, 0.29) is 29.5 Å². The number of aryl methyl sites for hydroxylation is 2. The summed E-state index contributed by atoms with van der Waals surface area (Å²) < 4.78 is 0. The maximum absolute atomic E-state index is 4.43. The van der Waals surface area contributed by atoms with Gasteiger partial charge in [0.2, 0.25) is 0 Å². The Bertz CT molecular complexity index is 468. The second-order valence-electron chi connectivity index (χ2n) is 5.73. The van der Waals surface area contributed by atoms with Crippen LogP contribution < -0.4 is 10.6 Å². The van der Waals surface area contributed by atoms with Crippen molar-refractivity contribution >= 4 is 41.3 Å². The molecule has 0 saturated heterocycles. The minimum atomic E-state index is 0. The van der Waals surface area contributed by atoms with Crippen molar-refractivity contribution in [3.05, 3.63) is 15.6 Å². The summed E-state index contributed by atoms with van der Waals surface area (Å²) in [4.78, 5) is 12.2. The number of guanidine groups is 1. The third kappa shape index (κ3) is 6.48. The van der Waals surface area contributed by atoms with Gasteiger partial charge in [0.1, 0.15) is 0 Å². The molecular weight excluding hydrogens is 397 g/mol. The summed E-state index contributed by atoms with van der Waals surface area (Å²) in [7, 11) is 5.96. The number of aromatic nitrogens is 1. The van der Waals surface area contributed by atoms with Crippen molar-refractivity contribution in [2.45, 2.75) is 39.8 Å². The van der Waals surface area contributed by atoms with Gasteiger partial charge in [-0.3, -0.25) is 4.99 Å². The zero-order valence-corrected chi connectivity index (χ0v) is 17.2. The first-order chi connectivity index (χ1) is 9.26. The van der Waals surface area contributed by atoms with Gasteiger partial charge in [-0.1, -0.05) is 0 Å². The molecule has 7 heteroatoms.